The fourth-order valence-electron chi connectivity index (χ4n) is 0.899. The first kappa shape index (κ1) is 24.5. The Morgan fingerprint density at radius 3 is 1.00 bits per heavy atom. The second kappa shape index (κ2) is 12.6. The molecule has 0 aliphatic carbocycles. The van der Waals surface area contributed by atoms with Gasteiger partial charge in [-0.1, -0.05) is 0 Å². The van der Waals surface area contributed by atoms with Crippen LogP contribution in [0.4, 0.5) is 0 Å². The van der Waals surface area contributed by atoms with E-state index < -0.39 is 36.4 Å². The number of Topliss-reactive ketones (excluding diaryl/α,β-unsaturated/α-hetero) is 2. The van der Waals surface area contributed by atoms with Crippen molar-refractivity contribution in [2.24, 2.45) is 0 Å². The Bertz CT molecular complexity index is 392. The van der Waals surface area contributed by atoms with E-state index in [1.807, 2.05) is 0 Å². The number of ketones is 2. The van der Waals surface area contributed by atoms with E-state index in [1.165, 1.54) is 41.9 Å². The second-order valence-electron chi connectivity index (χ2n) is 5.14. The van der Waals surface area contributed by atoms with Crippen LogP contribution in [0, 0.1) is 0 Å². The van der Waals surface area contributed by atoms with Crippen LogP contribution in [0.25, 0.3) is 0 Å². The Morgan fingerprint density at radius 2 is 0.833 bits per heavy atom. The largest absolute Gasteiger partial charge is 0.453 e. The van der Waals surface area contributed by atoms with E-state index in [4.69, 9.17) is 18.9 Å². The molecule has 0 aromatic heterocycles. The van der Waals surface area contributed by atoms with Crippen molar-refractivity contribution in [1.29, 1.82) is 0 Å². The highest BCUT2D eigenvalue weighted by molar-refractivity contribution is 5.84. The van der Waals surface area contributed by atoms with Gasteiger partial charge in [0.25, 0.3) is 0 Å². The smallest absolute Gasteiger partial charge is 0.335 e. The molecule has 0 N–H and O–H groups in total. The molecule has 0 aliphatic heterocycles. The van der Waals surface area contributed by atoms with Crippen molar-refractivity contribution in [3.63, 3.8) is 0 Å². The van der Waals surface area contributed by atoms with Crippen LogP contribution in [-0.4, -0.2) is 62.1 Å². The van der Waals surface area contributed by atoms with Crippen molar-refractivity contribution in [2.45, 2.75) is 66.0 Å². The summed E-state index contributed by atoms with van der Waals surface area (Å²) in [6, 6.07) is 0. The normalized spacial score (nSPS) is 15.0. The van der Waals surface area contributed by atoms with Crippen molar-refractivity contribution < 1.29 is 38.1 Å². The molecular weight excluding hydrogens is 320 g/mol. The quantitative estimate of drug-likeness (QED) is 0.600. The van der Waals surface area contributed by atoms with E-state index in [-0.39, 0.29) is 11.6 Å². The van der Waals surface area contributed by atoms with Crippen molar-refractivity contribution in [3.05, 3.63) is 0 Å². The molecule has 0 heterocycles. The number of carbonyl (C=O) groups excluding carboxylic acids is 4. The summed E-state index contributed by atoms with van der Waals surface area (Å²) in [5, 5.41) is 0. The van der Waals surface area contributed by atoms with Gasteiger partial charge >= 0.3 is 11.9 Å². The zero-order chi connectivity index (χ0) is 19.4. The van der Waals surface area contributed by atoms with Gasteiger partial charge in [0.15, 0.2) is 36.0 Å². The van der Waals surface area contributed by atoms with Crippen LogP contribution < -0.4 is 0 Å². The maximum absolute atomic E-state index is 11.0. The SMILES string of the molecule is CO[C@@H](C)C(=O)O[C@H](C)C(C)=O.CO[C@H](C)C(=O)O[C@@H](C)C(C)=O. The third kappa shape index (κ3) is 10.8. The molecule has 0 aliphatic rings. The number of rotatable bonds is 8. The summed E-state index contributed by atoms with van der Waals surface area (Å²) < 4.78 is 18.9. The highest BCUT2D eigenvalue weighted by atomic mass is 16.6. The minimum absolute atomic E-state index is 0.174. The summed E-state index contributed by atoms with van der Waals surface area (Å²) in [5.41, 5.74) is 0. The molecule has 24 heavy (non-hydrogen) atoms. The van der Waals surface area contributed by atoms with Crippen LogP contribution in [-0.2, 0) is 38.1 Å². The van der Waals surface area contributed by atoms with Crippen molar-refractivity contribution in [1.82, 2.24) is 0 Å². The molecule has 8 nitrogen and oxygen atoms in total. The van der Waals surface area contributed by atoms with Crippen LogP contribution in [0.3, 0.4) is 0 Å². The van der Waals surface area contributed by atoms with E-state index >= 15 is 0 Å². The van der Waals surface area contributed by atoms with Gasteiger partial charge in [-0.05, 0) is 41.5 Å². The van der Waals surface area contributed by atoms with Gasteiger partial charge in [-0.25, -0.2) is 9.59 Å². The Balaban J connectivity index is 0. The maximum atomic E-state index is 11.0. The predicted molar refractivity (Wildman–Crippen MR) is 85.4 cm³/mol. The Hall–Kier alpha value is -1.80. The second-order valence-corrected chi connectivity index (χ2v) is 5.14. The standard InChI is InChI=1S/2C8H14O4/c2*1-5(9)6(2)12-8(10)7(3)11-4/h2*6-7H,1-4H3/t2*6-,7+/m10/s1. The van der Waals surface area contributed by atoms with Gasteiger partial charge < -0.3 is 18.9 Å². The number of ether oxygens (including phenoxy) is 4. The van der Waals surface area contributed by atoms with Crippen LogP contribution >= 0.6 is 0 Å². The molecule has 0 unspecified atom stereocenters. The number of carbonyl (C=O) groups is 4. The lowest BCUT2D eigenvalue weighted by Gasteiger charge is -2.13. The molecule has 0 bridgehead atoms. The first-order valence-electron chi connectivity index (χ1n) is 7.45. The summed E-state index contributed by atoms with van der Waals surface area (Å²) in [5.74, 6) is -1.38. The van der Waals surface area contributed by atoms with Gasteiger partial charge in [0, 0.05) is 14.2 Å². The molecule has 4 atom stereocenters. The minimum atomic E-state index is -0.685. The minimum Gasteiger partial charge on any atom is -0.453 e. The Labute approximate surface area is 142 Å². The molecule has 0 aromatic rings. The van der Waals surface area contributed by atoms with E-state index in [9.17, 15) is 19.2 Å². The maximum Gasteiger partial charge on any atom is 0.335 e. The highest BCUT2D eigenvalue weighted by Crippen LogP contribution is 1.99. The molecule has 0 spiro atoms. The monoisotopic (exact) mass is 348 g/mol. The molecule has 8 heteroatoms. The summed E-state index contributed by atoms with van der Waals surface area (Å²) in [6.07, 6.45) is -2.61. The van der Waals surface area contributed by atoms with Gasteiger partial charge in [0.2, 0.25) is 0 Å². The average molecular weight is 348 g/mol. The fourth-order valence-corrected chi connectivity index (χ4v) is 0.899. The molecule has 0 fully saturated rings. The Morgan fingerprint density at radius 1 is 0.583 bits per heavy atom. The first-order valence-corrected chi connectivity index (χ1v) is 7.45. The van der Waals surface area contributed by atoms with Gasteiger partial charge in [-0.3, -0.25) is 9.59 Å². The molecule has 0 radical (unpaired) electrons. The van der Waals surface area contributed by atoms with Crippen molar-refractivity contribution in [3.8, 4) is 0 Å². The summed E-state index contributed by atoms with van der Waals surface area (Å²) >= 11 is 0. The number of methoxy groups -OCH3 is 2. The third-order valence-electron chi connectivity index (χ3n) is 3.10. The predicted octanol–water partition coefficient (Wildman–Crippen LogP) is 1.08. The van der Waals surface area contributed by atoms with Crippen LogP contribution in [0.5, 0.6) is 0 Å². The lowest BCUT2D eigenvalue weighted by molar-refractivity contribution is -0.162. The van der Waals surface area contributed by atoms with E-state index in [0.29, 0.717) is 0 Å². The van der Waals surface area contributed by atoms with Gasteiger partial charge in [0.05, 0.1) is 0 Å². The van der Waals surface area contributed by atoms with Gasteiger partial charge in [-0.2, -0.15) is 0 Å². The number of esters is 2. The first-order chi connectivity index (χ1) is 11.0. The molecule has 0 aromatic carbocycles. The lowest BCUT2D eigenvalue weighted by Crippen LogP contribution is -2.29. The lowest BCUT2D eigenvalue weighted by atomic mass is 10.3. The zero-order valence-electron chi connectivity index (χ0n) is 15.6. The van der Waals surface area contributed by atoms with E-state index in [1.54, 1.807) is 13.8 Å². The van der Waals surface area contributed by atoms with Crippen LogP contribution in [0.15, 0.2) is 0 Å². The summed E-state index contributed by atoms with van der Waals surface area (Å²) in [6.45, 7) is 8.93. The molecule has 0 rings (SSSR count). The van der Waals surface area contributed by atoms with Gasteiger partial charge in [-0.15, -0.1) is 0 Å². The van der Waals surface area contributed by atoms with Crippen molar-refractivity contribution >= 4 is 23.5 Å². The molecule has 0 saturated carbocycles. The fraction of sp³-hybridized carbons (Fsp3) is 0.750. The third-order valence-corrected chi connectivity index (χ3v) is 3.10. The highest BCUT2D eigenvalue weighted by Gasteiger charge is 2.19. The number of hydrogen-bond donors (Lipinski definition) is 0. The topological polar surface area (TPSA) is 105 Å². The zero-order valence-corrected chi connectivity index (χ0v) is 15.6. The molecule has 0 saturated heterocycles. The van der Waals surface area contributed by atoms with Crippen molar-refractivity contribution in [2.75, 3.05) is 14.2 Å². The Kier molecular flexibility index (Phi) is 12.8. The van der Waals surface area contributed by atoms with Crippen LogP contribution in [0.1, 0.15) is 41.5 Å². The molecule has 140 valence electrons. The molecule has 0 amide bonds. The molecular formula is C16H28O8. The van der Waals surface area contributed by atoms with E-state index in [0.717, 1.165) is 0 Å². The number of hydrogen-bond acceptors (Lipinski definition) is 8. The van der Waals surface area contributed by atoms with E-state index in [2.05, 4.69) is 0 Å². The van der Waals surface area contributed by atoms with Gasteiger partial charge in [0.1, 0.15) is 0 Å². The summed E-state index contributed by atoms with van der Waals surface area (Å²) in [7, 11) is 2.81. The summed E-state index contributed by atoms with van der Waals surface area (Å²) in [4.78, 5) is 43.3. The average Bonchev–Trinajstić information content (AvgIpc) is 2.53. The van der Waals surface area contributed by atoms with Crippen LogP contribution in [0.2, 0.25) is 0 Å².